The van der Waals surface area contributed by atoms with Crippen LogP contribution < -0.4 is 5.32 Å². The molecule has 130 valence electrons. The first-order valence-electron chi connectivity index (χ1n) is 6.72. The summed E-state index contributed by atoms with van der Waals surface area (Å²) in [6.07, 6.45) is -3.60. The van der Waals surface area contributed by atoms with Gasteiger partial charge in [-0.05, 0) is 19.4 Å². The number of hydrogen-bond acceptors (Lipinski definition) is 6. The van der Waals surface area contributed by atoms with E-state index in [-0.39, 0.29) is 6.61 Å². The van der Waals surface area contributed by atoms with E-state index in [1.807, 2.05) is 5.32 Å². The van der Waals surface area contributed by atoms with Gasteiger partial charge in [-0.1, -0.05) is 6.92 Å². The van der Waals surface area contributed by atoms with E-state index in [1.54, 1.807) is 6.92 Å². The van der Waals surface area contributed by atoms with Crippen molar-refractivity contribution in [1.29, 1.82) is 5.26 Å². The summed E-state index contributed by atoms with van der Waals surface area (Å²) in [6, 6.07) is 1.77. The van der Waals surface area contributed by atoms with E-state index in [2.05, 4.69) is 9.72 Å². The summed E-state index contributed by atoms with van der Waals surface area (Å²) >= 11 is 0. The van der Waals surface area contributed by atoms with Crippen molar-refractivity contribution in [2.45, 2.75) is 32.0 Å². The second-order valence-electron chi connectivity index (χ2n) is 4.89. The van der Waals surface area contributed by atoms with Crippen molar-refractivity contribution in [3.63, 3.8) is 0 Å². The number of esters is 1. The summed E-state index contributed by atoms with van der Waals surface area (Å²) in [5.41, 5.74) is -5.25. The van der Waals surface area contributed by atoms with Crippen molar-refractivity contribution in [2.75, 3.05) is 11.9 Å². The molecule has 0 radical (unpaired) electrons. The van der Waals surface area contributed by atoms with Gasteiger partial charge in [0.2, 0.25) is 5.60 Å². The molecule has 0 fully saturated rings. The lowest BCUT2D eigenvalue weighted by molar-refractivity contribution is -0.167. The average molecular weight is 345 g/mol. The van der Waals surface area contributed by atoms with Gasteiger partial charge >= 0.3 is 12.1 Å². The number of pyridine rings is 1. The Hall–Kier alpha value is -2.67. The van der Waals surface area contributed by atoms with Crippen LogP contribution >= 0.6 is 0 Å². The number of rotatable bonds is 5. The molecule has 1 aromatic heterocycles. The van der Waals surface area contributed by atoms with E-state index >= 15 is 0 Å². The first-order valence-corrected chi connectivity index (χ1v) is 6.72. The van der Waals surface area contributed by atoms with Gasteiger partial charge in [0.05, 0.1) is 24.1 Å². The van der Waals surface area contributed by atoms with Gasteiger partial charge in [-0.2, -0.15) is 18.4 Å². The fourth-order valence-corrected chi connectivity index (χ4v) is 1.52. The highest BCUT2D eigenvalue weighted by atomic mass is 19.4. The summed E-state index contributed by atoms with van der Waals surface area (Å²) in [5.74, 6) is -2.53. The molecule has 0 aliphatic heterocycles. The Morgan fingerprint density at radius 1 is 1.46 bits per heavy atom. The number of aromatic nitrogens is 1. The number of nitrogens with zero attached hydrogens (tertiary/aromatic N) is 2. The number of carbonyl (C=O) groups is 2. The van der Waals surface area contributed by atoms with Crippen LogP contribution in [0.3, 0.4) is 0 Å². The molecular formula is C14H14F3N3O4. The Morgan fingerprint density at radius 3 is 2.58 bits per heavy atom. The van der Waals surface area contributed by atoms with Crippen molar-refractivity contribution in [1.82, 2.24) is 4.98 Å². The lowest BCUT2D eigenvalue weighted by Crippen LogP contribution is -2.48. The molecule has 2 N–H and O–H groups in total. The van der Waals surface area contributed by atoms with Crippen molar-refractivity contribution >= 4 is 17.6 Å². The van der Waals surface area contributed by atoms with Crippen LogP contribution in [0.4, 0.5) is 18.9 Å². The number of amides is 1. The first kappa shape index (κ1) is 19.4. The second-order valence-corrected chi connectivity index (χ2v) is 4.89. The number of aliphatic hydroxyl groups is 1. The number of carbonyl (C=O) groups excluding carboxylic acids is 2. The molecule has 0 spiro atoms. The van der Waals surface area contributed by atoms with E-state index in [0.717, 1.165) is 13.1 Å². The maximum atomic E-state index is 12.8. The predicted molar refractivity (Wildman–Crippen MR) is 74.5 cm³/mol. The molecular weight excluding hydrogens is 331 g/mol. The molecule has 1 aromatic rings. The zero-order valence-electron chi connectivity index (χ0n) is 12.8. The highest BCUT2D eigenvalue weighted by molar-refractivity contribution is 6.11. The predicted octanol–water partition coefficient (Wildman–Crippen LogP) is 1.61. The van der Waals surface area contributed by atoms with Gasteiger partial charge in [-0.15, -0.1) is 0 Å². The van der Waals surface area contributed by atoms with Gasteiger partial charge in [-0.3, -0.25) is 4.79 Å². The number of alkyl halides is 3. The van der Waals surface area contributed by atoms with Crippen LogP contribution in [0.25, 0.3) is 0 Å². The van der Waals surface area contributed by atoms with E-state index in [9.17, 15) is 27.9 Å². The number of hydrogen-bond donors (Lipinski definition) is 2. The second kappa shape index (κ2) is 7.27. The number of nitrogens with one attached hydrogen (secondary N) is 1. The van der Waals surface area contributed by atoms with E-state index < -0.39 is 40.6 Å². The largest absolute Gasteiger partial charge is 0.463 e. The third-order valence-electron chi connectivity index (χ3n) is 2.83. The van der Waals surface area contributed by atoms with E-state index in [0.29, 0.717) is 12.5 Å². The molecule has 24 heavy (non-hydrogen) atoms. The number of halogens is 3. The minimum Gasteiger partial charge on any atom is -0.463 e. The maximum absolute atomic E-state index is 12.8. The Labute approximate surface area is 135 Å². The van der Waals surface area contributed by atoms with Crippen molar-refractivity contribution in [3.05, 3.63) is 23.5 Å². The van der Waals surface area contributed by atoms with Crippen LogP contribution in [-0.2, 0) is 20.5 Å². The van der Waals surface area contributed by atoms with Crippen LogP contribution in [0, 0.1) is 11.3 Å². The molecule has 0 bridgehead atoms. The molecule has 1 heterocycles. The fraction of sp³-hybridized carbons (Fsp3) is 0.429. The molecule has 1 atom stereocenters. The van der Waals surface area contributed by atoms with Gasteiger partial charge in [0.15, 0.2) is 5.69 Å². The van der Waals surface area contributed by atoms with Gasteiger partial charge in [0.25, 0.3) is 5.91 Å². The standard InChI is InChI=1S/C14H14F3N3O4/c1-3-4-24-12(22)13(2,23)11(21)20-8-5-9(14(15,16)17)10(6-18)19-7-8/h5,7,23H,3-4H2,1-2H3,(H,20,21)/t13-/m1/s1. The Balaban J connectivity index is 3.03. The molecule has 1 rings (SSSR count). The molecule has 7 nitrogen and oxygen atoms in total. The lowest BCUT2D eigenvalue weighted by atomic mass is 10.1. The highest BCUT2D eigenvalue weighted by Gasteiger charge is 2.41. The van der Waals surface area contributed by atoms with Crippen molar-refractivity contribution in [2.24, 2.45) is 0 Å². The van der Waals surface area contributed by atoms with Gasteiger partial charge in [0, 0.05) is 0 Å². The summed E-state index contributed by atoms with van der Waals surface area (Å²) < 4.78 is 43.1. The molecule has 10 heteroatoms. The maximum Gasteiger partial charge on any atom is 0.419 e. The van der Waals surface area contributed by atoms with Crippen LogP contribution in [-0.4, -0.2) is 34.2 Å². The SMILES string of the molecule is CCCOC(=O)[C@](C)(O)C(=O)Nc1cnc(C#N)c(C(F)(F)F)c1. The number of anilines is 1. The monoisotopic (exact) mass is 345 g/mol. The number of nitriles is 1. The first-order chi connectivity index (χ1) is 11.0. The van der Waals surface area contributed by atoms with Gasteiger partial charge < -0.3 is 15.2 Å². The fourth-order valence-electron chi connectivity index (χ4n) is 1.52. The van der Waals surface area contributed by atoms with Crippen molar-refractivity contribution < 1.29 is 32.6 Å². The molecule has 1 amide bonds. The Kier molecular flexibility index (Phi) is 5.87. The van der Waals surface area contributed by atoms with Gasteiger partial charge in [-0.25, -0.2) is 9.78 Å². The van der Waals surface area contributed by atoms with Crippen LogP contribution in [0.2, 0.25) is 0 Å². The Morgan fingerprint density at radius 2 is 2.08 bits per heavy atom. The van der Waals surface area contributed by atoms with Crippen LogP contribution in [0.5, 0.6) is 0 Å². The third kappa shape index (κ3) is 4.42. The van der Waals surface area contributed by atoms with Crippen LogP contribution in [0.15, 0.2) is 12.3 Å². The van der Waals surface area contributed by atoms with E-state index in [4.69, 9.17) is 5.26 Å². The summed E-state index contributed by atoms with van der Waals surface area (Å²) in [6.45, 7) is 2.52. The molecule has 0 saturated heterocycles. The zero-order valence-corrected chi connectivity index (χ0v) is 12.8. The normalized spacial score (nSPS) is 13.5. The molecule has 0 saturated carbocycles. The summed E-state index contributed by atoms with van der Waals surface area (Å²) in [4.78, 5) is 26.8. The highest BCUT2D eigenvalue weighted by Crippen LogP contribution is 2.32. The minimum atomic E-state index is -4.86. The molecule has 0 aliphatic carbocycles. The van der Waals surface area contributed by atoms with Crippen LogP contribution in [0.1, 0.15) is 31.5 Å². The van der Waals surface area contributed by atoms with Crippen molar-refractivity contribution in [3.8, 4) is 6.07 Å². The molecule has 0 aromatic carbocycles. The Bertz CT molecular complexity index is 681. The molecule has 0 unspecified atom stereocenters. The quantitative estimate of drug-likeness (QED) is 0.619. The topological polar surface area (TPSA) is 112 Å². The number of ether oxygens (including phenoxy) is 1. The zero-order chi connectivity index (χ0) is 18.5. The van der Waals surface area contributed by atoms with Gasteiger partial charge in [0.1, 0.15) is 6.07 Å². The summed E-state index contributed by atoms with van der Waals surface area (Å²) in [7, 11) is 0. The summed E-state index contributed by atoms with van der Waals surface area (Å²) in [5, 5.41) is 20.5. The lowest BCUT2D eigenvalue weighted by Gasteiger charge is -2.20. The third-order valence-corrected chi connectivity index (χ3v) is 2.83. The van der Waals surface area contributed by atoms with E-state index in [1.165, 1.54) is 6.07 Å². The average Bonchev–Trinajstić information content (AvgIpc) is 2.51. The smallest absolute Gasteiger partial charge is 0.419 e. The molecule has 0 aliphatic rings. The minimum absolute atomic E-state index is 0.0289.